The zero-order valence-electron chi connectivity index (χ0n) is 12.9. The second kappa shape index (κ2) is 8.78. The summed E-state index contributed by atoms with van der Waals surface area (Å²) in [4.78, 5) is 16.2. The molecule has 2 aromatic rings. The molecule has 2 aromatic carbocycles. The van der Waals surface area contributed by atoms with Crippen LogP contribution in [0.1, 0.15) is 30.9 Å². The number of ether oxygens (including phenoxy) is 1. The Kier molecular flexibility index (Phi) is 6.37. The molecule has 0 unspecified atom stereocenters. The van der Waals surface area contributed by atoms with Gasteiger partial charge in [0.1, 0.15) is 6.54 Å². The predicted octanol–water partition coefficient (Wildman–Crippen LogP) is 3.87. The van der Waals surface area contributed by atoms with Crippen molar-refractivity contribution in [2.45, 2.75) is 19.8 Å². The van der Waals surface area contributed by atoms with Gasteiger partial charge in [-0.05, 0) is 6.42 Å². The summed E-state index contributed by atoms with van der Waals surface area (Å²) in [5.41, 5.74) is 2.80. The molecule has 0 fully saturated rings. The average Bonchev–Trinajstić information content (AvgIpc) is 2.57. The minimum absolute atomic E-state index is 0.0445. The third-order valence-corrected chi connectivity index (χ3v) is 3.22. The largest absolute Gasteiger partial charge is 0.464 e. The lowest BCUT2D eigenvalue weighted by molar-refractivity contribution is -0.141. The number of nitrogens with zero attached hydrogens (tertiary/aromatic N) is 1. The van der Waals surface area contributed by atoms with E-state index in [0.29, 0.717) is 6.61 Å². The number of esters is 1. The van der Waals surface area contributed by atoms with Crippen LogP contribution in [0, 0.1) is 0 Å². The molecule has 3 heteroatoms. The lowest BCUT2D eigenvalue weighted by atomic mass is 10.0. The van der Waals surface area contributed by atoms with Crippen molar-refractivity contribution in [3.05, 3.63) is 71.8 Å². The van der Waals surface area contributed by atoms with Gasteiger partial charge in [0, 0.05) is 11.1 Å². The van der Waals surface area contributed by atoms with Crippen LogP contribution in [0.25, 0.3) is 0 Å². The smallest absolute Gasteiger partial charge is 0.327 e. The van der Waals surface area contributed by atoms with Crippen LogP contribution in [0.3, 0.4) is 0 Å². The molecule has 0 heterocycles. The molecule has 0 aliphatic heterocycles. The van der Waals surface area contributed by atoms with E-state index in [9.17, 15) is 4.79 Å². The van der Waals surface area contributed by atoms with Gasteiger partial charge in [-0.15, -0.1) is 0 Å². The number of hydrogen-bond donors (Lipinski definition) is 0. The van der Waals surface area contributed by atoms with Crippen molar-refractivity contribution in [2.24, 2.45) is 4.99 Å². The Bertz CT molecular complexity index is 564. The van der Waals surface area contributed by atoms with E-state index in [4.69, 9.17) is 4.74 Å². The average molecular weight is 295 g/mol. The van der Waals surface area contributed by atoms with Crippen molar-refractivity contribution < 1.29 is 9.53 Å². The maximum absolute atomic E-state index is 11.8. The molecule has 0 saturated heterocycles. The first-order chi connectivity index (χ1) is 10.8. The number of unbranched alkanes of at least 4 members (excludes halogenated alkanes) is 1. The molecule has 0 spiro atoms. The molecule has 0 aromatic heterocycles. The van der Waals surface area contributed by atoms with Gasteiger partial charge >= 0.3 is 5.97 Å². The van der Waals surface area contributed by atoms with E-state index < -0.39 is 0 Å². The molecule has 0 radical (unpaired) electrons. The van der Waals surface area contributed by atoms with E-state index in [2.05, 4.69) is 11.9 Å². The van der Waals surface area contributed by atoms with Gasteiger partial charge in [0.05, 0.1) is 12.3 Å². The Hall–Kier alpha value is -2.42. The monoisotopic (exact) mass is 295 g/mol. The Labute approximate surface area is 131 Å². The molecular formula is C19H21NO2. The van der Waals surface area contributed by atoms with Gasteiger partial charge in [0.2, 0.25) is 0 Å². The van der Waals surface area contributed by atoms with Crippen LogP contribution in [0.2, 0.25) is 0 Å². The lowest BCUT2D eigenvalue weighted by Crippen LogP contribution is -2.12. The van der Waals surface area contributed by atoms with Gasteiger partial charge in [-0.3, -0.25) is 9.79 Å². The third-order valence-electron chi connectivity index (χ3n) is 3.22. The number of aliphatic imine (C=N–C) groups is 1. The number of benzene rings is 2. The molecular weight excluding hydrogens is 274 g/mol. The highest BCUT2D eigenvalue weighted by atomic mass is 16.5. The van der Waals surface area contributed by atoms with E-state index in [-0.39, 0.29) is 12.5 Å². The Morgan fingerprint density at radius 1 is 0.955 bits per heavy atom. The third kappa shape index (κ3) is 4.85. The van der Waals surface area contributed by atoms with Gasteiger partial charge in [0.25, 0.3) is 0 Å². The fourth-order valence-electron chi connectivity index (χ4n) is 2.06. The zero-order valence-corrected chi connectivity index (χ0v) is 12.9. The minimum atomic E-state index is -0.280. The first kappa shape index (κ1) is 16.0. The summed E-state index contributed by atoms with van der Waals surface area (Å²) in [6.07, 6.45) is 1.90. The molecule has 0 atom stereocenters. The van der Waals surface area contributed by atoms with Crippen LogP contribution in [-0.4, -0.2) is 24.8 Å². The summed E-state index contributed by atoms with van der Waals surface area (Å²) >= 11 is 0. The summed E-state index contributed by atoms with van der Waals surface area (Å²) in [5, 5.41) is 0. The van der Waals surface area contributed by atoms with Crippen LogP contribution in [0.5, 0.6) is 0 Å². The predicted molar refractivity (Wildman–Crippen MR) is 89.3 cm³/mol. The van der Waals surface area contributed by atoms with Gasteiger partial charge < -0.3 is 4.74 Å². The summed E-state index contributed by atoms with van der Waals surface area (Å²) in [6, 6.07) is 19.8. The molecule has 0 aliphatic carbocycles. The number of carbonyl (C=O) groups excluding carboxylic acids is 1. The second-order valence-electron chi connectivity index (χ2n) is 4.97. The topological polar surface area (TPSA) is 38.7 Å². The normalized spacial score (nSPS) is 10.0. The zero-order chi connectivity index (χ0) is 15.6. The highest BCUT2D eigenvalue weighted by Gasteiger charge is 2.08. The molecule has 0 aliphatic rings. The second-order valence-corrected chi connectivity index (χ2v) is 4.97. The van der Waals surface area contributed by atoms with Crippen LogP contribution in [-0.2, 0) is 9.53 Å². The number of rotatable bonds is 7. The SMILES string of the molecule is CCCCOC(=O)CN=C(c1ccccc1)c1ccccc1. The Morgan fingerprint density at radius 3 is 2.00 bits per heavy atom. The standard InChI is InChI=1S/C19H21NO2/c1-2-3-14-22-18(21)15-20-19(16-10-6-4-7-11-16)17-12-8-5-9-13-17/h4-13H,2-3,14-15H2,1H3. The highest BCUT2D eigenvalue weighted by Crippen LogP contribution is 2.11. The quantitative estimate of drug-likeness (QED) is 0.442. The van der Waals surface area contributed by atoms with Crippen molar-refractivity contribution in [1.29, 1.82) is 0 Å². The molecule has 0 saturated carbocycles. The fraction of sp³-hybridized carbons (Fsp3) is 0.263. The van der Waals surface area contributed by atoms with Crippen LogP contribution < -0.4 is 0 Å². The minimum Gasteiger partial charge on any atom is -0.464 e. The maximum Gasteiger partial charge on any atom is 0.327 e. The maximum atomic E-state index is 11.8. The van der Waals surface area contributed by atoms with E-state index in [1.165, 1.54) is 0 Å². The van der Waals surface area contributed by atoms with Crippen molar-refractivity contribution >= 4 is 11.7 Å². The van der Waals surface area contributed by atoms with Gasteiger partial charge in [-0.1, -0.05) is 74.0 Å². The van der Waals surface area contributed by atoms with Crippen molar-refractivity contribution in [3.63, 3.8) is 0 Å². The Balaban J connectivity index is 2.15. The molecule has 0 bridgehead atoms. The van der Waals surface area contributed by atoms with Gasteiger partial charge in [-0.25, -0.2) is 0 Å². The molecule has 22 heavy (non-hydrogen) atoms. The van der Waals surface area contributed by atoms with E-state index in [1.807, 2.05) is 60.7 Å². The summed E-state index contributed by atoms with van der Waals surface area (Å²) in [5.74, 6) is -0.280. The lowest BCUT2D eigenvalue weighted by Gasteiger charge is -2.08. The molecule has 114 valence electrons. The van der Waals surface area contributed by atoms with Crippen molar-refractivity contribution in [2.75, 3.05) is 13.2 Å². The van der Waals surface area contributed by atoms with E-state index >= 15 is 0 Å². The first-order valence-electron chi connectivity index (χ1n) is 7.62. The van der Waals surface area contributed by atoms with E-state index in [0.717, 1.165) is 29.7 Å². The van der Waals surface area contributed by atoms with E-state index in [1.54, 1.807) is 0 Å². The van der Waals surface area contributed by atoms with Crippen LogP contribution in [0.15, 0.2) is 65.7 Å². The fourth-order valence-corrected chi connectivity index (χ4v) is 2.06. The summed E-state index contributed by atoms with van der Waals surface area (Å²) in [6.45, 7) is 2.58. The highest BCUT2D eigenvalue weighted by molar-refractivity contribution is 6.13. The molecule has 2 rings (SSSR count). The number of hydrogen-bond acceptors (Lipinski definition) is 3. The van der Waals surface area contributed by atoms with Gasteiger partial charge in [0.15, 0.2) is 0 Å². The Morgan fingerprint density at radius 2 is 1.50 bits per heavy atom. The summed E-state index contributed by atoms with van der Waals surface area (Å²) in [7, 11) is 0. The molecule has 0 amide bonds. The van der Waals surface area contributed by atoms with Gasteiger partial charge in [-0.2, -0.15) is 0 Å². The molecule has 3 nitrogen and oxygen atoms in total. The number of carbonyl (C=O) groups is 1. The summed E-state index contributed by atoms with van der Waals surface area (Å²) < 4.78 is 5.16. The van der Waals surface area contributed by atoms with Crippen molar-refractivity contribution in [1.82, 2.24) is 0 Å². The van der Waals surface area contributed by atoms with Crippen LogP contribution >= 0.6 is 0 Å². The molecule has 0 N–H and O–H groups in total. The van der Waals surface area contributed by atoms with Crippen molar-refractivity contribution in [3.8, 4) is 0 Å². The van der Waals surface area contributed by atoms with Crippen LogP contribution in [0.4, 0.5) is 0 Å². The first-order valence-corrected chi connectivity index (χ1v) is 7.62.